The number of amides is 1. The zero-order valence-corrected chi connectivity index (χ0v) is 17.0. The molecule has 0 aliphatic rings. The van der Waals surface area contributed by atoms with Crippen LogP contribution in [0.5, 0.6) is 5.75 Å². The van der Waals surface area contributed by atoms with Crippen molar-refractivity contribution in [1.82, 2.24) is 5.32 Å². The van der Waals surface area contributed by atoms with Crippen LogP contribution in [0.1, 0.15) is 12.8 Å². The van der Waals surface area contributed by atoms with Crippen molar-refractivity contribution in [2.75, 3.05) is 30.3 Å². The van der Waals surface area contributed by atoms with Crippen LogP contribution in [0.3, 0.4) is 0 Å². The van der Waals surface area contributed by atoms with Crippen LogP contribution < -0.4 is 14.4 Å². The molecule has 0 aromatic heterocycles. The second-order valence-corrected chi connectivity index (χ2v) is 8.36. The Bertz CT molecular complexity index is 894. The predicted octanol–water partition coefficient (Wildman–Crippen LogP) is 3.22. The number of carbonyl (C=O) groups excluding carboxylic acids is 1. The molecule has 0 radical (unpaired) electrons. The molecule has 2 aromatic carbocycles. The number of para-hydroxylation sites is 1. The van der Waals surface area contributed by atoms with Gasteiger partial charge in [-0.15, -0.1) is 0 Å². The number of anilines is 1. The molecule has 2 rings (SSSR count). The minimum absolute atomic E-state index is 0.0781. The van der Waals surface area contributed by atoms with Gasteiger partial charge < -0.3 is 10.1 Å². The van der Waals surface area contributed by atoms with Crippen LogP contribution in [0, 0.1) is 5.82 Å². The normalized spacial score (nSPS) is 11.1. The number of sulfonamides is 1. The minimum Gasteiger partial charge on any atom is -0.492 e. The van der Waals surface area contributed by atoms with E-state index in [9.17, 15) is 17.6 Å². The Labute approximate surface area is 169 Å². The summed E-state index contributed by atoms with van der Waals surface area (Å²) in [6.07, 6.45) is 1.49. The summed E-state index contributed by atoms with van der Waals surface area (Å²) >= 11 is 5.74. The lowest BCUT2D eigenvalue weighted by Gasteiger charge is -2.22. The largest absolute Gasteiger partial charge is 0.492 e. The number of ether oxygens (including phenoxy) is 1. The summed E-state index contributed by atoms with van der Waals surface area (Å²) in [5.74, 6) is -0.114. The van der Waals surface area contributed by atoms with E-state index in [0.29, 0.717) is 19.6 Å². The van der Waals surface area contributed by atoms with Crippen molar-refractivity contribution in [3.05, 3.63) is 59.4 Å². The fourth-order valence-corrected chi connectivity index (χ4v) is 3.61. The molecule has 152 valence electrons. The highest BCUT2D eigenvalue weighted by molar-refractivity contribution is 7.92. The highest BCUT2D eigenvalue weighted by Crippen LogP contribution is 2.24. The number of benzene rings is 2. The van der Waals surface area contributed by atoms with Gasteiger partial charge in [0.05, 0.1) is 23.5 Å². The van der Waals surface area contributed by atoms with E-state index in [1.165, 1.54) is 12.1 Å². The second-order valence-electron chi connectivity index (χ2n) is 6.05. The van der Waals surface area contributed by atoms with E-state index in [0.717, 1.165) is 22.4 Å². The smallest absolute Gasteiger partial charge is 0.232 e. The molecule has 9 heteroatoms. The van der Waals surface area contributed by atoms with E-state index in [1.807, 2.05) is 30.3 Å². The molecule has 0 atom stereocenters. The van der Waals surface area contributed by atoms with Crippen LogP contribution in [0.2, 0.25) is 5.02 Å². The van der Waals surface area contributed by atoms with Gasteiger partial charge in [-0.2, -0.15) is 0 Å². The third-order valence-electron chi connectivity index (χ3n) is 3.79. The molecule has 1 N–H and O–H groups in total. The molecule has 0 saturated carbocycles. The summed E-state index contributed by atoms with van der Waals surface area (Å²) < 4.78 is 43.9. The number of carbonyl (C=O) groups is 1. The third kappa shape index (κ3) is 7.01. The van der Waals surface area contributed by atoms with Crippen molar-refractivity contribution in [1.29, 1.82) is 0 Å². The fourth-order valence-electron chi connectivity index (χ4n) is 2.47. The maximum atomic E-state index is 13.3. The monoisotopic (exact) mass is 428 g/mol. The summed E-state index contributed by atoms with van der Waals surface area (Å²) in [7, 11) is -3.60. The lowest BCUT2D eigenvalue weighted by molar-refractivity contribution is -0.121. The lowest BCUT2D eigenvalue weighted by Crippen LogP contribution is -2.33. The molecule has 0 saturated heterocycles. The van der Waals surface area contributed by atoms with Crippen LogP contribution in [0.15, 0.2) is 48.5 Å². The van der Waals surface area contributed by atoms with Gasteiger partial charge in [0.25, 0.3) is 0 Å². The molecular weight excluding hydrogens is 407 g/mol. The van der Waals surface area contributed by atoms with E-state index in [2.05, 4.69) is 5.32 Å². The van der Waals surface area contributed by atoms with Gasteiger partial charge in [0.15, 0.2) is 0 Å². The minimum atomic E-state index is -3.60. The topological polar surface area (TPSA) is 75.7 Å². The number of nitrogens with one attached hydrogen (secondary N) is 1. The summed E-state index contributed by atoms with van der Waals surface area (Å²) in [6.45, 7) is 0.755. The van der Waals surface area contributed by atoms with Crippen LogP contribution in [-0.4, -0.2) is 40.3 Å². The van der Waals surface area contributed by atoms with Crippen LogP contribution in [0.25, 0.3) is 0 Å². The number of nitrogens with zero attached hydrogens (tertiary/aromatic N) is 1. The fraction of sp³-hybridized carbons (Fsp3) is 0.316. The highest BCUT2D eigenvalue weighted by atomic mass is 35.5. The maximum Gasteiger partial charge on any atom is 0.232 e. The first-order valence-corrected chi connectivity index (χ1v) is 10.9. The lowest BCUT2D eigenvalue weighted by atomic mass is 10.2. The number of rotatable bonds is 10. The Morgan fingerprint density at radius 2 is 1.93 bits per heavy atom. The van der Waals surface area contributed by atoms with Gasteiger partial charge in [-0.05, 0) is 36.8 Å². The van der Waals surface area contributed by atoms with Gasteiger partial charge in [0.1, 0.15) is 18.2 Å². The Kier molecular flexibility index (Phi) is 8.07. The molecule has 0 bridgehead atoms. The zero-order valence-electron chi connectivity index (χ0n) is 15.4. The first-order chi connectivity index (χ1) is 13.3. The average molecular weight is 429 g/mol. The molecule has 28 heavy (non-hydrogen) atoms. The molecule has 0 aliphatic heterocycles. The number of hydrogen-bond donors (Lipinski definition) is 1. The average Bonchev–Trinajstić information content (AvgIpc) is 2.65. The van der Waals surface area contributed by atoms with E-state index < -0.39 is 15.8 Å². The Morgan fingerprint density at radius 3 is 2.57 bits per heavy atom. The van der Waals surface area contributed by atoms with Crippen molar-refractivity contribution in [3.8, 4) is 5.75 Å². The van der Waals surface area contributed by atoms with Crippen molar-refractivity contribution >= 4 is 33.2 Å². The Morgan fingerprint density at radius 1 is 1.21 bits per heavy atom. The Hall–Kier alpha value is -2.32. The van der Waals surface area contributed by atoms with Gasteiger partial charge in [-0.25, -0.2) is 12.8 Å². The summed E-state index contributed by atoms with van der Waals surface area (Å²) in [5, 5.41) is 2.55. The predicted molar refractivity (Wildman–Crippen MR) is 108 cm³/mol. The van der Waals surface area contributed by atoms with Crippen molar-refractivity contribution in [2.24, 2.45) is 0 Å². The van der Waals surface area contributed by atoms with Gasteiger partial charge >= 0.3 is 0 Å². The summed E-state index contributed by atoms with van der Waals surface area (Å²) in [6, 6.07) is 12.9. The molecule has 1 amide bonds. The van der Waals surface area contributed by atoms with E-state index in [-0.39, 0.29) is 29.6 Å². The van der Waals surface area contributed by atoms with Gasteiger partial charge in [0, 0.05) is 13.0 Å². The molecule has 0 aliphatic carbocycles. The molecule has 6 nitrogen and oxygen atoms in total. The van der Waals surface area contributed by atoms with Crippen LogP contribution in [0.4, 0.5) is 10.1 Å². The van der Waals surface area contributed by atoms with Gasteiger partial charge in [0.2, 0.25) is 15.9 Å². The molecule has 0 heterocycles. The highest BCUT2D eigenvalue weighted by Gasteiger charge is 2.18. The van der Waals surface area contributed by atoms with Gasteiger partial charge in [-0.3, -0.25) is 9.10 Å². The Balaban J connectivity index is 1.78. The quantitative estimate of drug-likeness (QED) is 0.589. The maximum absolute atomic E-state index is 13.3. The standard InChI is InChI=1S/C19H22ClFN2O4S/c1-28(25,26)23(15-9-10-18(21)17(20)14-15)12-5-8-19(24)22-11-13-27-16-6-3-2-4-7-16/h2-4,6-7,9-10,14H,5,8,11-13H2,1H3,(H,22,24). The third-order valence-corrected chi connectivity index (χ3v) is 5.28. The second kappa shape index (κ2) is 10.3. The van der Waals surface area contributed by atoms with Crippen LogP contribution >= 0.6 is 11.6 Å². The van der Waals surface area contributed by atoms with Crippen molar-refractivity contribution < 1.29 is 22.3 Å². The molecule has 0 fully saturated rings. The molecule has 2 aromatic rings. The zero-order chi connectivity index (χ0) is 20.6. The van der Waals surface area contributed by atoms with E-state index >= 15 is 0 Å². The van der Waals surface area contributed by atoms with E-state index in [1.54, 1.807) is 0 Å². The first kappa shape index (κ1) is 22.0. The van der Waals surface area contributed by atoms with Gasteiger partial charge in [-0.1, -0.05) is 29.8 Å². The molecule has 0 spiro atoms. The number of halogens is 2. The van der Waals surface area contributed by atoms with Crippen molar-refractivity contribution in [3.63, 3.8) is 0 Å². The van der Waals surface area contributed by atoms with E-state index in [4.69, 9.17) is 16.3 Å². The first-order valence-electron chi connectivity index (χ1n) is 8.64. The molecule has 0 unspecified atom stereocenters. The summed E-state index contributed by atoms with van der Waals surface area (Å²) in [5.41, 5.74) is 0.255. The SMILES string of the molecule is CS(=O)(=O)N(CCCC(=O)NCCOc1ccccc1)c1ccc(F)c(Cl)c1. The number of hydrogen-bond acceptors (Lipinski definition) is 4. The van der Waals surface area contributed by atoms with Crippen molar-refractivity contribution in [2.45, 2.75) is 12.8 Å². The summed E-state index contributed by atoms with van der Waals surface area (Å²) in [4.78, 5) is 11.9. The molecular formula is C19H22ClFN2O4S. The van der Waals surface area contributed by atoms with Crippen LogP contribution in [-0.2, 0) is 14.8 Å².